The molecule has 1 aromatic carbocycles. The highest BCUT2D eigenvalue weighted by atomic mass is 19.2. The van der Waals surface area contributed by atoms with Gasteiger partial charge in [0.1, 0.15) is 0 Å². The van der Waals surface area contributed by atoms with E-state index in [1.807, 2.05) is 0 Å². The van der Waals surface area contributed by atoms with Crippen LogP contribution in [0.4, 0.5) is 14.5 Å². The van der Waals surface area contributed by atoms with Gasteiger partial charge < -0.3 is 10.4 Å². The molecule has 1 rings (SSSR count). The van der Waals surface area contributed by atoms with Gasteiger partial charge in [0.2, 0.25) is 5.91 Å². The van der Waals surface area contributed by atoms with Crippen molar-refractivity contribution in [2.75, 3.05) is 25.0 Å². The van der Waals surface area contributed by atoms with E-state index in [-0.39, 0.29) is 18.8 Å². The molecule has 1 amide bonds. The van der Waals surface area contributed by atoms with Gasteiger partial charge in [0, 0.05) is 18.3 Å². The number of likely N-dealkylation sites (N-methyl/N-ethyl adjacent to an activating group) is 1. The second-order valence-electron chi connectivity index (χ2n) is 4.74. The zero-order chi connectivity index (χ0) is 16.0. The molecule has 0 aliphatic carbocycles. The maximum atomic E-state index is 13.0. The van der Waals surface area contributed by atoms with E-state index in [1.165, 1.54) is 6.07 Å². The Kier molecular flexibility index (Phi) is 6.23. The summed E-state index contributed by atoms with van der Waals surface area (Å²) in [5.74, 6) is -3.98. The molecule has 0 radical (unpaired) electrons. The number of hydrogen-bond acceptors (Lipinski definition) is 3. The Morgan fingerprint density at radius 2 is 2.00 bits per heavy atom. The second-order valence-corrected chi connectivity index (χ2v) is 4.74. The molecule has 1 atom stereocenters. The van der Waals surface area contributed by atoms with Crippen molar-refractivity contribution in [3.8, 4) is 0 Å². The molecule has 2 N–H and O–H groups in total. The fourth-order valence-corrected chi connectivity index (χ4v) is 1.75. The summed E-state index contributed by atoms with van der Waals surface area (Å²) in [4.78, 5) is 24.3. The predicted molar refractivity (Wildman–Crippen MR) is 73.9 cm³/mol. The Morgan fingerprint density at radius 1 is 1.33 bits per heavy atom. The number of carboxylic acid groups (broad SMARTS) is 1. The largest absolute Gasteiger partial charge is 0.481 e. The van der Waals surface area contributed by atoms with Crippen LogP contribution in [0, 0.1) is 17.6 Å². The summed E-state index contributed by atoms with van der Waals surface area (Å²) in [6, 6.07) is 3.07. The van der Waals surface area contributed by atoms with Gasteiger partial charge in [0.15, 0.2) is 11.6 Å². The second kappa shape index (κ2) is 7.68. The summed E-state index contributed by atoms with van der Waals surface area (Å²) in [5.41, 5.74) is 0.154. The number of nitrogens with one attached hydrogen (secondary N) is 1. The van der Waals surface area contributed by atoms with Crippen molar-refractivity contribution >= 4 is 17.6 Å². The normalized spacial score (nSPS) is 12.2. The van der Waals surface area contributed by atoms with Crippen molar-refractivity contribution in [1.29, 1.82) is 0 Å². The van der Waals surface area contributed by atoms with Gasteiger partial charge in [-0.1, -0.05) is 13.8 Å². The first-order chi connectivity index (χ1) is 9.83. The number of benzene rings is 1. The number of aliphatic carboxylic acids is 1. The molecule has 0 fully saturated rings. The van der Waals surface area contributed by atoms with Crippen LogP contribution >= 0.6 is 0 Å². The molecule has 0 spiro atoms. The van der Waals surface area contributed by atoms with Crippen molar-refractivity contribution in [3.63, 3.8) is 0 Å². The standard InChI is InChI=1S/C14H18F2N2O3/c1-3-18(7-9(2)14(20)21)8-13(19)17-10-4-5-11(15)12(16)6-10/h4-6,9H,3,7-8H2,1-2H3,(H,17,19)(H,20,21). The molecule has 5 nitrogen and oxygen atoms in total. The Hall–Kier alpha value is -2.02. The van der Waals surface area contributed by atoms with Gasteiger partial charge in [-0.2, -0.15) is 0 Å². The summed E-state index contributed by atoms with van der Waals surface area (Å²) >= 11 is 0. The fraction of sp³-hybridized carbons (Fsp3) is 0.429. The average molecular weight is 300 g/mol. The van der Waals surface area contributed by atoms with E-state index < -0.39 is 29.4 Å². The molecule has 0 bridgehead atoms. The van der Waals surface area contributed by atoms with Crippen molar-refractivity contribution in [2.45, 2.75) is 13.8 Å². The topological polar surface area (TPSA) is 69.6 Å². The molecule has 1 unspecified atom stereocenters. The minimum absolute atomic E-state index is 0.0207. The van der Waals surface area contributed by atoms with E-state index in [0.29, 0.717) is 6.54 Å². The molecule has 0 aliphatic heterocycles. The Morgan fingerprint density at radius 3 is 2.52 bits per heavy atom. The number of anilines is 1. The molecule has 7 heteroatoms. The van der Waals surface area contributed by atoms with Gasteiger partial charge in [-0.05, 0) is 18.7 Å². The van der Waals surface area contributed by atoms with Gasteiger partial charge in [0.25, 0.3) is 0 Å². The van der Waals surface area contributed by atoms with Crippen molar-refractivity contribution in [3.05, 3.63) is 29.8 Å². The monoisotopic (exact) mass is 300 g/mol. The number of carboxylic acids is 1. The van der Waals surface area contributed by atoms with Crippen LogP contribution < -0.4 is 5.32 Å². The van der Waals surface area contributed by atoms with E-state index in [2.05, 4.69) is 5.32 Å². The third-order valence-corrected chi connectivity index (χ3v) is 2.97. The molecular formula is C14H18F2N2O3. The summed E-state index contributed by atoms with van der Waals surface area (Å²) in [5, 5.41) is 11.3. The lowest BCUT2D eigenvalue weighted by molar-refractivity contribution is -0.142. The number of nitrogens with zero attached hydrogens (tertiary/aromatic N) is 1. The first-order valence-electron chi connectivity index (χ1n) is 6.53. The zero-order valence-electron chi connectivity index (χ0n) is 11.9. The first kappa shape index (κ1) is 17.0. The van der Waals surface area contributed by atoms with E-state index in [0.717, 1.165) is 12.1 Å². The molecule has 116 valence electrons. The van der Waals surface area contributed by atoms with Gasteiger partial charge in [-0.25, -0.2) is 8.78 Å². The number of carbonyl (C=O) groups excluding carboxylic acids is 1. The Labute approximate surface area is 121 Å². The highest BCUT2D eigenvalue weighted by molar-refractivity contribution is 5.92. The van der Waals surface area contributed by atoms with E-state index in [9.17, 15) is 18.4 Å². The van der Waals surface area contributed by atoms with Crippen molar-refractivity contribution in [1.82, 2.24) is 4.90 Å². The maximum absolute atomic E-state index is 13.0. The third kappa shape index (κ3) is 5.47. The van der Waals surface area contributed by atoms with Crippen LogP contribution in [0.3, 0.4) is 0 Å². The van der Waals surface area contributed by atoms with Gasteiger partial charge in [-0.3, -0.25) is 14.5 Å². The van der Waals surface area contributed by atoms with Crippen LogP contribution in [-0.4, -0.2) is 41.5 Å². The Bertz CT molecular complexity index is 523. The van der Waals surface area contributed by atoms with E-state index in [4.69, 9.17) is 5.11 Å². The first-order valence-corrected chi connectivity index (χ1v) is 6.53. The van der Waals surface area contributed by atoms with Crippen molar-refractivity contribution < 1.29 is 23.5 Å². The minimum Gasteiger partial charge on any atom is -0.481 e. The third-order valence-electron chi connectivity index (χ3n) is 2.97. The number of carbonyl (C=O) groups is 2. The number of hydrogen-bond donors (Lipinski definition) is 2. The van der Waals surface area contributed by atoms with Crippen molar-refractivity contribution in [2.24, 2.45) is 5.92 Å². The van der Waals surface area contributed by atoms with E-state index >= 15 is 0 Å². The lowest BCUT2D eigenvalue weighted by Gasteiger charge is -2.21. The molecule has 0 aromatic heterocycles. The zero-order valence-corrected chi connectivity index (χ0v) is 11.9. The molecule has 0 heterocycles. The van der Waals surface area contributed by atoms with Gasteiger partial charge >= 0.3 is 5.97 Å². The molecule has 0 saturated heterocycles. The van der Waals surface area contributed by atoms with Gasteiger partial charge in [0.05, 0.1) is 12.5 Å². The highest BCUT2D eigenvalue weighted by Crippen LogP contribution is 2.13. The van der Waals surface area contributed by atoms with Crippen LogP contribution in [0.25, 0.3) is 0 Å². The summed E-state index contributed by atoms with van der Waals surface area (Å²) < 4.78 is 25.8. The molecule has 21 heavy (non-hydrogen) atoms. The maximum Gasteiger partial charge on any atom is 0.307 e. The molecular weight excluding hydrogens is 282 g/mol. The summed E-state index contributed by atoms with van der Waals surface area (Å²) in [6.45, 7) is 4.07. The number of halogens is 2. The van der Waals surface area contributed by atoms with Crippen LogP contribution in [0.5, 0.6) is 0 Å². The minimum atomic E-state index is -1.04. The van der Waals surface area contributed by atoms with E-state index in [1.54, 1.807) is 18.7 Å². The number of rotatable bonds is 7. The molecule has 0 aliphatic rings. The smallest absolute Gasteiger partial charge is 0.307 e. The average Bonchev–Trinajstić information content (AvgIpc) is 2.41. The fourth-order valence-electron chi connectivity index (χ4n) is 1.75. The molecule has 1 aromatic rings. The lowest BCUT2D eigenvalue weighted by atomic mass is 10.1. The quantitative estimate of drug-likeness (QED) is 0.807. The summed E-state index contributed by atoms with van der Waals surface area (Å²) in [6.07, 6.45) is 0. The Balaban J connectivity index is 2.58. The van der Waals surface area contributed by atoms with Crippen LogP contribution in [0.2, 0.25) is 0 Å². The number of amides is 1. The van der Waals surface area contributed by atoms with Crippen LogP contribution in [0.1, 0.15) is 13.8 Å². The predicted octanol–water partition coefficient (Wildman–Crippen LogP) is 1.95. The van der Waals surface area contributed by atoms with Crippen LogP contribution in [0.15, 0.2) is 18.2 Å². The highest BCUT2D eigenvalue weighted by Gasteiger charge is 2.17. The molecule has 0 saturated carbocycles. The van der Waals surface area contributed by atoms with Crippen LogP contribution in [-0.2, 0) is 9.59 Å². The summed E-state index contributed by atoms with van der Waals surface area (Å²) in [7, 11) is 0. The van der Waals surface area contributed by atoms with Gasteiger partial charge in [-0.15, -0.1) is 0 Å². The SMILES string of the molecule is CCN(CC(=O)Nc1ccc(F)c(F)c1)CC(C)C(=O)O. The lowest BCUT2D eigenvalue weighted by Crippen LogP contribution is -2.37.